The number of ether oxygens (including phenoxy) is 1. The Bertz CT molecular complexity index is 803. The van der Waals surface area contributed by atoms with E-state index in [9.17, 15) is 0 Å². The van der Waals surface area contributed by atoms with Crippen LogP contribution in [0, 0.1) is 13.8 Å². The zero-order chi connectivity index (χ0) is 16.4. The highest BCUT2D eigenvalue weighted by molar-refractivity contribution is 6.35. The van der Waals surface area contributed by atoms with Crippen molar-refractivity contribution >= 4 is 34.2 Å². The fourth-order valence-electron chi connectivity index (χ4n) is 2.45. The number of aromatic amines is 1. The van der Waals surface area contributed by atoms with Crippen LogP contribution in [0.4, 0.5) is 0 Å². The number of aromatic nitrogens is 2. The summed E-state index contributed by atoms with van der Waals surface area (Å²) < 4.78 is 5.69. The molecule has 0 amide bonds. The van der Waals surface area contributed by atoms with Gasteiger partial charge >= 0.3 is 0 Å². The van der Waals surface area contributed by atoms with Crippen LogP contribution < -0.4 is 4.74 Å². The molecule has 0 saturated carbocycles. The Morgan fingerprint density at radius 1 is 1.09 bits per heavy atom. The van der Waals surface area contributed by atoms with E-state index >= 15 is 0 Å². The number of rotatable bonds is 5. The lowest BCUT2D eigenvalue weighted by Gasteiger charge is -2.07. The number of benzene rings is 2. The van der Waals surface area contributed by atoms with E-state index < -0.39 is 0 Å². The minimum Gasteiger partial charge on any atom is -0.492 e. The molecule has 3 rings (SSSR count). The molecule has 0 aliphatic heterocycles. The predicted molar refractivity (Wildman–Crippen MR) is 95.8 cm³/mol. The molecule has 5 heteroatoms. The first-order valence-corrected chi connectivity index (χ1v) is 8.32. The van der Waals surface area contributed by atoms with Gasteiger partial charge in [-0.3, -0.25) is 0 Å². The van der Waals surface area contributed by atoms with E-state index in [1.54, 1.807) is 18.2 Å². The van der Waals surface area contributed by atoms with E-state index in [1.807, 2.05) is 0 Å². The molecule has 120 valence electrons. The normalized spacial score (nSPS) is 11.1. The van der Waals surface area contributed by atoms with Crippen LogP contribution in [0.2, 0.25) is 10.0 Å². The van der Waals surface area contributed by atoms with Crippen molar-refractivity contribution in [3.8, 4) is 5.75 Å². The summed E-state index contributed by atoms with van der Waals surface area (Å²) in [6.45, 7) is 4.79. The van der Waals surface area contributed by atoms with E-state index in [4.69, 9.17) is 27.9 Å². The van der Waals surface area contributed by atoms with Crippen molar-refractivity contribution in [1.29, 1.82) is 0 Å². The molecule has 23 heavy (non-hydrogen) atoms. The van der Waals surface area contributed by atoms with Gasteiger partial charge in [-0.1, -0.05) is 23.2 Å². The third-order valence-electron chi connectivity index (χ3n) is 3.86. The quantitative estimate of drug-likeness (QED) is 0.618. The number of aryl methyl sites for hydroxylation is 3. The summed E-state index contributed by atoms with van der Waals surface area (Å²) in [7, 11) is 0. The van der Waals surface area contributed by atoms with E-state index in [2.05, 4.69) is 35.9 Å². The van der Waals surface area contributed by atoms with Crippen LogP contribution in [0.15, 0.2) is 30.3 Å². The first-order valence-electron chi connectivity index (χ1n) is 7.56. The Morgan fingerprint density at radius 3 is 2.65 bits per heavy atom. The van der Waals surface area contributed by atoms with Gasteiger partial charge in [0.05, 0.1) is 22.7 Å². The zero-order valence-corrected chi connectivity index (χ0v) is 14.6. The molecular weight excluding hydrogens is 331 g/mol. The first-order chi connectivity index (χ1) is 11.0. The molecule has 0 spiro atoms. The zero-order valence-electron chi connectivity index (χ0n) is 13.1. The summed E-state index contributed by atoms with van der Waals surface area (Å²) in [5, 5.41) is 1.14. The van der Waals surface area contributed by atoms with Crippen LogP contribution in [0.25, 0.3) is 11.0 Å². The van der Waals surface area contributed by atoms with Gasteiger partial charge in [0.15, 0.2) is 0 Å². The van der Waals surface area contributed by atoms with Crippen molar-refractivity contribution in [3.05, 3.63) is 57.3 Å². The summed E-state index contributed by atoms with van der Waals surface area (Å²) in [5.41, 5.74) is 4.64. The Balaban J connectivity index is 1.58. The number of fused-ring (bicyclic) bond motifs is 1. The lowest BCUT2D eigenvalue weighted by molar-refractivity contribution is 0.310. The number of imidazole rings is 1. The molecule has 0 bridgehead atoms. The highest BCUT2D eigenvalue weighted by atomic mass is 35.5. The molecule has 0 radical (unpaired) electrons. The highest BCUT2D eigenvalue weighted by Crippen LogP contribution is 2.27. The molecule has 0 aliphatic rings. The fraction of sp³-hybridized carbons (Fsp3) is 0.278. The topological polar surface area (TPSA) is 37.9 Å². The van der Waals surface area contributed by atoms with Gasteiger partial charge in [0.1, 0.15) is 11.6 Å². The molecule has 3 nitrogen and oxygen atoms in total. The minimum atomic E-state index is 0.534. The third kappa shape index (κ3) is 3.80. The van der Waals surface area contributed by atoms with Gasteiger partial charge in [0.2, 0.25) is 0 Å². The number of nitrogens with one attached hydrogen (secondary N) is 1. The van der Waals surface area contributed by atoms with Gasteiger partial charge in [-0.15, -0.1) is 0 Å². The number of H-pyrrole nitrogens is 1. The molecule has 0 atom stereocenters. The maximum atomic E-state index is 6.08. The van der Waals surface area contributed by atoms with Gasteiger partial charge in [-0.05, 0) is 61.7 Å². The SMILES string of the molecule is Cc1cc2nc(CCCOc3ccc(Cl)cc3Cl)[nH]c2cc1C. The average molecular weight is 349 g/mol. The standard InChI is InChI=1S/C18H18Cl2N2O/c1-11-8-15-16(9-12(11)2)22-18(21-15)4-3-7-23-17-6-5-13(19)10-14(17)20/h5-6,8-10H,3-4,7H2,1-2H3,(H,21,22). The van der Waals surface area contributed by atoms with E-state index in [1.165, 1.54) is 11.1 Å². The predicted octanol–water partition coefficient (Wildman–Crippen LogP) is 5.50. The Hall–Kier alpha value is -1.71. The van der Waals surface area contributed by atoms with Crippen molar-refractivity contribution in [2.24, 2.45) is 0 Å². The Kier molecular flexibility index (Phi) is 4.79. The number of nitrogens with zero attached hydrogens (tertiary/aromatic N) is 1. The summed E-state index contributed by atoms with van der Waals surface area (Å²) in [6, 6.07) is 9.51. The van der Waals surface area contributed by atoms with Crippen LogP contribution in [-0.4, -0.2) is 16.6 Å². The smallest absolute Gasteiger partial charge is 0.137 e. The van der Waals surface area contributed by atoms with Crippen LogP contribution in [0.1, 0.15) is 23.4 Å². The van der Waals surface area contributed by atoms with Crippen molar-refractivity contribution in [3.63, 3.8) is 0 Å². The van der Waals surface area contributed by atoms with Crippen LogP contribution in [0.3, 0.4) is 0 Å². The van der Waals surface area contributed by atoms with Crippen LogP contribution in [0.5, 0.6) is 5.75 Å². The molecule has 1 N–H and O–H groups in total. The second kappa shape index (κ2) is 6.81. The van der Waals surface area contributed by atoms with E-state index in [0.717, 1.165) is 29.7 Å². The van der Waals surface area contributed by atoms with Gasteiger partial charge in [0, 0.05) is 11.4 Å². The summed E-state index contributed by atoms with van der Waals surface area (Å²) in [5.74, 6) is 1.64. The van der Waals surface area contributed by atoms with Gasteiger partial charge in [-0.25, -0.2) is 4.98 Å². The summed E-state index contributed by atoms with van der Waals surface area (Å²) in [6.07, 6.45) is 1.69. The molecule has 0 saturated heterocycles. The molecule has 1 aromatic heterocycles. The summed E-state index contributed by atoms with van der Waals surface area (Å²) >= 11 is 11.9. The van der Waals surface area contributed by atoms with Gasteiger partial charge in [-0.2, -0.15) is 0 Å². The van der Waals surface area contributed by atoms with Crippen LogP contribution >= 0.6 is 23.2 Å². The number of halogens is 2. The number of hydrogen-bond donors (Lipinski definition) is 1. The van der Waals surface area contributed by atoms with Gasteiger partial charge in [0.25, 0.3) is 0 Å². The van der Waals surface area contributed by atoms with Crippen molar-refractivity contribution in [2.45, 2.75) is 26.7 Å². The molecule has 0 aliphatic carbocycles. The average Bonchev–Trinajstić information content (AvgIpc) is 2.87. The monoisotopic (exact) mass is 348 g/mol. The van der Waals surface area contributed by atoms with Crippen molar-refractivity contribution < 1.29 is 4.74 Å². The third-order valence-corrected chi connectivity index (χ3v) is 4.39. The molecule has 0 fully saturated rings. The minimum absolute atomic E-state index is 0.534. The lowest BCUT2D eigenvalue weighted by Crippen LogP contribution is -2.00. The van der Waals surface area contributed by atoms with Gasteiger partial charge < -0.3 is 9.72 Å². The number of hydrogen-bond acceptors (Lipinski definition) is 2. The van der Waals surface area contributed by atoms with Crippen molar-refractivity contribution in [2.75, 3.05) is 6.61 Å². The second-order valence-electron chi connectivity index (χ2n) is 5.66. The van der Waals surface area contributed by atoms with E-state index in [0.29, 0.717) is 22.4 Å². The summed E-state index contributed by atoms with van der Waals surface area (Å²) in [4.78, 5) is 8.00. The maximum absolute atomic E-state index is 6.08. The molecule has 2 aromatic carbocycles. The fourth-order valence-corrected chi connectivity index (χ4v) is 2.92. The lowest BCUT2D eigenvalue weighted by atomic mass is 10.1. The van der Waals surface area contributed by atoms with Crippen molar-refractivity contribution in [1.82, 2.24) is 9.97 Å². The maximum Gasteiger partial charge on any atom is 0.137 e. The molecule has 3 aromatic rings. The first kappa shape index (κ1) is 16.2. The highest BCUT2D eigenvalue weighted by Gasteiger charge is 2.06. The Morgan fingerprint density at radius 2 is 1.87 bits per heavy atom. The Labute approximate surface area is 145 Å². The second-order valence-corrected chi connectivity index (χ2v) is 6.51. The van der Waals surface area contributed by atoms with Crippen LogP contribution in [-0.2, 0) is 6.42 Å². The molecule has 1 heterocycles. The molecular formula is C18H18Cl2N2O. The largest absolute Gasteiger partial charge is 0.492 e. The molecule has 0 unspecified atom stereocenters. The van der Waals surface area contributed by atoms with E-state index in [-0.39, 0.29) is 0 Å².